The van der Waals surface area contributed by atoms with Crippen molar-refractivity contribution in [3.8, 4) is 0 Å². The second-order valence-corrected chi connectivity index (χ2v) is 4.65. The van der Waals surface area contributed by atoms with E-state index >= 15 is 0 Å². The van der Waals surface area contributed by atoms with Crippen molar-refractivity contribution < 1.29 is 14.6 Å². The summed E-state index contributed by atoms with van der Waals surface area (Å²) in [6.45, 7) is 0. The maximum atomic E-state index is 11.6. The molecule has 0 spiro atoms. The van der Waals surface area contributed by atoms with E-state index < -0.39 is 0 Å². The molecule has 0 amide bonds. The smallest absolute Gasteiger partial charge is 0.333 e. The second-order valence-electron chi connectivity index (χ2n) is 4.65. The van der Waals surface area contributed by atoms with Crippen LogP contribution in [0.15, 0.2) is 23.8 Å². The highest BCUT2D eigenvalue weighted by atomic mass is 16.5. The van der Waals surface area contributed by atoms with Gasteiger partial charge in [0.1, 0.15) is 0 Å². The van der Waals surface area contributed by atoms with Gasteiger partial charge in [0.2, 0.25) is 0 Å². The van der Waals surface area contributed by atoms with Crippen molar-refractivity contribution in [1.82, 2.24) is 0 Å². The molecule has 1 fully saturated rings. The summed E-state index contributed by atoms with van der Waals surface area (Å²) in [5.74, 6) is 0.929. The highest BCUT2D eigenvalue weighted by molar-refractivity contribution is 5.90. The van der Waals surface area contributed by atoms with Crippen LogP contribution in [0.4, 0.5) is 0 Å². The Balaban J connectivity index is 1.98. The third-order valence-electron chi connectivity index (χ3n) is 4.01. The van der Waals surface area contributed by atoms with Gasteiger partial charge in [0.05, 0.1) is 13.2 Å². The molecular formula is C12H14O3. The quantitative estimate of drug-likeness (QED) is 0.512. The van der Waals surface area contributed by atoms with Crippen molar-refractivity contribution in [2.75, 3.05) is 7.11 Å². The fraction of sp³-hybridized carbons (Fsp3) is 0.583. The number of ether oxygens (including phenoxy) is 1. The minimum atomic E-state index is -0.375. The molecule has 3 rings (SSSR count). The highest BCUT2D eigenvalue weighted by Gasteiger charge is 2.53. The summed E-state index contributed by atoms with van der Waals surface area (Å²) in [5, 5.41) is 9.95. The maximum absolute atomic E-state index is 11.6. The molecule has 1 N–H and O–H groups in total. The molecule has 80 valence electrons. The first kappa shape index (κ1) is 9.16. The van der Waals surface area contributed by atoms with Crippen LogP contribution >= 0.6 is 0 Å². The van der Waals surface area contributed by atoms with Gasteiger partial charge >= 0.3 is 5.97 Å². The Morgan fingerprint density at radius 3 is 3.07 bits per heavy atom. The molecule has 5 atom stereocenters. The predicted molar refractivity (Wildman–Crippen MR) is 53.8 cm³/mol. The summed E-state index contributed by atoms with van der Waals surface area (Å²) in [6, 6.07) is 0. The molecule has 0 bridgehead atoms. The van der Waals surface area contributed by atoms with Crippen LogP contribution in [0.1, 0.15) is 6.42 Å². The molecule has 0 heterocycles. The molecule has 3 aliphatic rings. The van der Waals surface area contributed by atoms with Gasteiger partial charge < -0.3 is 9.84 Å². The molecule has 3 heteroatoms. The zero-order chi connectivity index (χ0) is 10.6. The number of carbonyl (C=O) groups is 1. The van der Waals surface area contributed by atoms with Gasteiger partial charge in [0, 0.05) is 11.5 Å². The van der Waals surface area contributed by atoms with E-state index in [9.17, 15) is 9.90 Å². The Hall–Kier alpha value is -1.09. The third kappa shape index (κ3) is 1.07. The van der Waals surface area contributed by atoms with Gasteiger partial charge in [-0.3, -0.25) is 0 Å². The van der Waals surface area contributed by atoms with Crippen molar-refractivity contribution in [2.45, 2.75) is 12.5 Å². The van der Waals surface area contributed by atoms with Crippen molar-refractivity contribution in [1.29, 1.82) is 0 Å². The minimum Gasteiger partial charge on any atom is -0.466 e. The zero-order valence-electron chi connectivity index (χ0n) is 8.59. The topological polar surface area (TPSA) is 46.5 Å². The monoisotopic (exact) mass is 206 g/mol. The van der Waals surface area contributed by atoms with Gasteiger partial charge in [-0.1, -0.05) is 18.2 Å². The van der Waals surface area contributed by atoms with Crippen molar-refractivity contribution >= 4 is 5.97 Å². The molecule has 1 saturated carbocycles. The van der Waals surface area contributed by atoms with Gasteiger partial charge in [0.25, 0.3) is 0 Å². The van der Waals surface area contributed by atoms with Gasteiger partial charge in [-0.25, -0.2) is 4.79 Å². The van der Waals surface area contributed by atoms with Gasteiger partial charge in [-0.15, -0.1) is 0 Å². The lowest BCUT2D eigenvalue weighted by molar-refractivity contribution is -0.137. The first-order chi connectivity index (χ1) is 7.22. The van der Waals surface area contributed by atoms with Gasteiger partial charge in [0.15, 0.2) is 0 Å². The molecule has 0 aromatic heterocycles. The molecule has 0 aromatic rings. The Labute approximate surface area is 88.4 Å². The average Bonchev–Trinajstić information content (AvgIpc) is 2.83. The molecule has 3 aliphatic carbocycles. The number of allylic oxidation sites excluding steroid dienone is 3. The molecule has 0 saturated heterocycles. The van der Waals surface area contributed by atoms with Crippen LogP contribution in [0, 0.1) is 23.7 Å². The Morgan fingerprint density at radius 2 is 2.33 bits per heavy atom. The van der Waals surface area contributed by atoms with Crippen molar-refractivity contribution in [3.63, 3.8) is 0 Å². The van der Waals surface area contributed by atoms with Crippen LogP contribution in [0.5, 0.6) is 0 Å². The summed E-state index contributed by atoms with van der Waals surface area (Å²) in [5.41, 5.74) is 0.687. The number of carbonyl (C=O) groups excluding carboxylic acids is 1. The van der Waals surface area contributed by atoms with E-state index in [-0.39, 0.29) is 18.0 Å². The fourth-order valence-corrected chi connectivity index (χ4v) is 3.46. The van der Waals surface area contributed by atoms with Crippen molar-refractivity contribution in [3.05, 3.63) is 23.8 Å². The first-order valence-electron chi connectivity index (χ1n) is 5.39. The first-order valence-corrected chi connectivity index (χ1v) is 5.39. The largest absolute Gasteiger partial charge is 0.466 e. The third-order valence-corrected chi connectivity index (χ3v) is 4.01. The fourth-order valence-electron chi connectivity index (χ4n) is 3.46. The van der Waals surface area contributed by atoms with Crippen molar-refractivity contribution in [2.24, 2.45) is 23.7 Å². The summed E-state index contributed by atoms with van der Waals surface area (Å²) in [4.78, 5) is 11.6. The summed E-state index contributed by atoms with van der Waals surface area (Å²) in [6.07, 6.45) is 6.73. The molecule has 0 radical (unpaired) electrons. The van der Waals surface area contributed by atoms with Gasteiger partial charge in [-0.2, -0.15) is 0 Å². The number of hydrogen-bond donors (Lipinski definition) is 1. The lowest BCUT2D eigenvalue weighted by atomic mass is 9.88. The van der Waals surface area contributed by atoms with Crippen LogP contribution in [-0.2, 0) is 9.53 Å². The van der Waals surface area contributed by atoms with Crippen LogP contribution in [0.2, 0.25) is 0 Å². The van der Waals surface area contributed by atoms with E-state index in [1.54, 1.807) is 0 Å². The molecule has 0 aromatic carbocycles. The van der Waals surface area contributed by atoms with E-state index in [0.717, 1.165) is 6.42 Å². The second kappa shape index (κ2) is 2.95. The molecule has 3 nitrogen and oxygen atoms in total. The molecule has 0 aliphatic heterocycles. The number of aliphatic hydroxyl groups excluding tert-OH is 1. The van der Waals surface area contributed by atoms with Crippen LogP contribution in [0.25, 0.3) is 0 Å². The van der Waals surface area contributed by atoms with Crippen LogP contribution in [0.3, 0.4) is 0 Å². The SMILES string of the molecule is COC(=O)C1=C[C@H]2C=C[C@@H]3C[C@@H](O)[C@H]1[C@H]23. The molecular weight excluding hydrogens is 192 g/mol. The molecule has 0 unspecified atom stereocenters. The predicted octanol–water partition coefficient (Wildman–Crippen LogP) is 0.899. The Kier molecular flexibility index (Phi) is 1.80. The van der Waals surface area contributed by atoms with E-state index in [2.05, 4.69) is 12.2 Å². The number of aliphatic hydroxyl groups is 1. The van der Waals surface area contributed by atoms with E-state index in [4.69, 9.17) is 4.74 Å². The molecule has 15 heavy (non-hydrogen) atoms. The minimum absolute atomic E-state index is 0.00227. The normalized spacial score (nSPS) is 45.5. The average molecular weight is 206 g/mol. The number of esters is 1. The number of hydrogen-bond acceptors (Lipinski definition) is 3. The summed E-state index contributed by atoms with van der Waals surface area (Å²) < 4.78 is 4.76. The number of methoxy groups -OCH3 is 1. The lowest BCUT2D eigenvalue weighted by Crippen LogP contribution is -2.23. The van der Waals surface area contributed by atoms with Gasteiger partial charge in [-0.05, 0) is 24.2 Å². The standard InChI is InChI=1S/C12H14O3/c1-15-12(14)8-4-6-2-3-7-5-9(13)11(8)10(6)7/h2-4,6-7,9-11,13H,5H2,1H3/t6-,7-,9-,10-,11+/m1/s1. The lowest BCUT2D eigenvalue weighted by Gasteiger charge is -2.18. The Bertz CT molecular complexity index is 369. The zero-order valence-corrected chi connectivity index (χ0v) is 8.59. The maximum Gasteiger partial charge on any atom is 0.333 e. The summed E-state index contributed by atoms with van der Waals surface area (Å²) >= 11 is 0. The van der Waals surface area contributed by atoms with Crippen LogP contribution in [-0.4, -0.2) is 24.3 Å². The van der Waals surface area contributed by atoms with Crippen LogP contribution < -0.4 is 0 Å². The highest BCUT2D eigenvalue weighted by Crippen LogP contribution is 2.54. The number of rotatable bonds is 1. The van der Waals surface area contributed by atoms with E-state index in [0.29, 0.717) is 23.3 Å². The Morgan fingerprint density at radius 1 is 1.53 bits per heavy atom. The van der Waals surface area contributed by atoms with E-state index in [1.165, 1.54) is 7.11 Å². The van der Waals surface area contributed by atoms with E-state index in [1.807, 2.05) is 6.08 Å². The summed E-state index contributed by atoms with van der Waals surface area (Å²) in [7, 11) is 1.39.